The number of halogens is 1. The van der Waals surface area contributed by atoms with Gasteiger partial charge < -0.3 is 10.2 Å². The third-order valence-corrected chi connectivity index (χ3v) is 6.75. The maximum absolute atomic E-state index is 5.90. The summed E-state index contributed by atoms with van der Waals surface area (Å²) in [5.41, 5.74) is 3.40. The fourth-order valence-corrected chi connectivity index (χ4v) is 4.86. The predicted molar refractivity (Wildman–Crippen MR) is 121 cm³/mol. The van der Waals surface area contributed by atoms with Gasteiger partial charge in [-0.1, -0.05) is 23.7 Å². The quantitative estimate of drug-likeness (QED) is 0.568. The van der Waals surface area contributed by atoms with Crippen molar-refractivity contribution in [3.05, 3.63) is 53.9 Å². The van der Waals surface area contributed by atoms with Gasteiger partial charge in [-0.3, -0.25) is 5.10 Å². The maximum Gasteiger partial charge on any atom is 0.225 e. The molecule has 0 radical (unpaired) electrons. The summed E-state index contributed by atoms with van der Waals surface area (Å²) in [6.45, 7) is 3.15. The minimum Gasteiger partial charge on any atom is -0.385 e. The molecule has 1 aliphatic carbocycles. The first-order valence-corrected chi connectivity index (χ1v) is 11.2. The summed E-state index contributed by atoms with van der Waals surface area (Å²) < 4.78 is 0. The van der Waals surface area contributed by atoms with Gasteiger partial charge in [0.15, 0.2) is 0 Å². The normalized spacial score (nSPS) is 21.6. The molecule has 2 unspecified atom stereocenters. The van der Waals surface area contributed by atoms with Crippen LogP contribution in [0.1, 0.15) is 25.7 Å². The number of H-pyrrole nitrogens is 1. The van der Waals surface area contributed by atoms with Crippen LogP contribution in [0.15, 0.2) is 48.9 Å². The summed E-state index contributed by atoms with van der Waals surface area (Å²) in [4.78, 5) is 11.0. The van der Waals surface area contributed by atoms with Gasteiger partial charge in [-0.05, 0) is 67.2 Å². The van der Waals surface area contributed by atoms with Crippen LogP contribution in [0, 0.1) is 17.8 Å². The van der Waals surface area contributed by atoms with E-state index in [-0.39, 0.29) is 0 Å². The van der Waals surface area contributed by atoms with Crippen LogP contribution in [-0.2, 0) is 0 Å². The molecule has 2 atom stereocenters. The lowest BCUT2D eigenvalue weighted by Gasteiger charge is -2.32. The Morgan fingerprint density at radius 3 is 2.53 bits per heavy atom. The van der Waals surface area contributed by atoms with Crippen LogP contribution < -0.4 is 10.2 Å². The number of hydrogen-bond acceptors (Lipinski definition) is 5. The van der Waals surface area contributed by atoms with Crippen LogP contribution in [0.3, 0.4) is 0 Å². The van der Waals surface area contributed by atoms with E-state index in [1.165, 1.54) is 31.4 Å². The molecule has 3 heterocycles. The number of aromatic amines is 1. The van der Waals surface area contributed by atoms with Crippen molar-refractivity contribution < 1.29 is 0 Å². The molecule has 2 N–H and O–H groups in total. The standard InChI is InChI=1S/C23H27ClN6/c24-19-14-26-23(27-15-19)30-11-7-16(8-12-30)21-13-18(21)5-9-25-20-3-1-17(2-4-20)22-6-10-28-29-22/h1-4,6,10,14-16,18,21,25H,5,7-9,11-13H2,(H,28,29). The number of hydrogen-bond donors (Lipinski definition) is 2. The molecule has 1 saturated heterocycles. The predicted octanol–water partition coefficient (Wildman–Crippen LogP) is 4.87. The maximum atomic E-state index is 5.90. The van der Waals surface area contributed by atoms with Gasteiger partial charge in [0.25, 0.3) is 0 Å². The molecule has 156 valence electrons. The lowest BCUT2D eigenvalue weighted by molar-refractivity contribution is 0.343. The van der Waals surface area contributed by atoms with Crippen molar-refractivity contribution in [1.29, 1.82) is 0 Å². The van der Waals surface area contributed by atoms with E-state index < -0.39 is 0 Å². The molecule has 5 rings (SSSR count). The summed E-state index contributed by atoms with van der Waals surface area (Å²) >= 11 is 5.90. The Kier molecular flexibility index (Phi) is 5.58. The Hall–Kier alpha value is -2.60. The molecule has 1 saturated carbocycles. The molecule has 1 aromatic carbocycles. The number of benzene rings is 1. The van der Waals surface area contributed by atoms with E-state index in [1.807, 2.05) is 6.07 Å². The second-order valence-electron chi connectivity index (χ2n) is 8.45. The largest absolute Gasteiger partial charge is 0.385 e. The zero-order valence-corrected chi connectivity index (χ0v) is 17.7. The van der Waals surface area contributed by atoms with Crippen LogP contribution >= 0.6 is 11.6 Å². The highest BCUT2D eigenvalue weighted by Crippen LogP contribution is 2.49. The van der Waals surface area contributed by atoms with E-state index in [1.54, 1.807) is 18.6 Å². The molecule has 3 aromatic rings. The summed E-state index contributed by atoms with van der Waals surface area (Å²) in [5.74, 6) is 3.45. The fourth-order valence-electron chi connectivity index (χ4n) is 4.76. The highest BCUT2D eigenvalue weighted by atomic mass is 35.5. The van der Waals surface area contributed by atoms with Crippen LogP contribution in [0.25, 0.3) is 11.3 Å². The van der Waals surface area contributed by atoms with E-state index in [0.717, 1.165) is 54.6 Å². The Bertz CT molecular complexity index is 933. The molecule has 1 aliphatic heterocycles. The second-order valence-corrected chi connectivity index (χ2v) is 8.88. The summed E-state index contributed by atoms with van der Waals surface area (Å²) in [5, 5.41) is 11.2. The first-order chi connectivity index (χ1) is 14.8. The van der Waals surface area contributed by atoms with Crippen molar-refractivity contribution in [2.45, 2.75) is 25.7 Å². The Morgan fingerprint density at radius 1 is 1.07 bits per heavy atom. The van der Waals surface area contributed by atoms with Crippen LogP contribution in [0.2, 0.25) is 5.02 Å². The molecule has 2 aromatic heterocycles. The number of anilines is 2. The third-order valence-electron chi connectivity index (χ3n) is 6.55. The van der Waals surface area contributed by atoms with Gasteiger partial charge in [-0.2, -0.15) is 5.10 Å². The molecule has 7 heteroatoms. The van der Waals surface area contributed by atoms with Crippen LogP contribution in [0.4, 0.5) is 11.6 Å². The van der Waals surface area contributed by atoms with Gasteiger partial charge in [0.05, 0.1) is 23.1 Å². The molecule has 0 amide bonds. The smallest absolute Gasteiger partial charge is 0.225 e. The molecule has 2 fully saturated rings. The highest BCUT2D eigenvalue weighted by molar-refractivity contribution is 6.30. The molecular weight excluding hydrogens is 396 g/mol. The van der Waals surface area contributed by atoms with Crippen molar-refractivity contribution in [1.82, 2.24) is 20.2 Å². The first-order valence-electron chi connectivity index (χ1n) is 10.8. The van der Waals surface area contributed by atoms with Gasteiger partial charge in [0.1, 0.15) is 0 Å². The average molecular weight is 423 g/mol. The summed E-state index contributed by atoms with van der Waals surface area (Å²) in [6, 6.07) is 10.6. The van der Waals surface area contributed by atoms with Gasteiger partial charge >= 0.3 is 0 Å². The summed E-state index contributed by atoms with van der Waals surface area (Å²) in [6.07, 6.45) is 10.3. The first kappa shape index (κ1) is 19.4. The Morgan fingerprint density at radius 2 is 1.83 bits per heavy atom. The number of rotatable bonds is 7. The topological polar surface area (TPSA) is 69.7 Å². The third kappa shape index (κ3) is 4.43. The number of nitrogens with zero attached hydrogens (tertiary/aromatic N) is 4. The monoisotopic (exact) mass is 422 g/mol. The number of aromatic nitrogens is 4. The molecule has 30 heavy (non-hydrogen) atoms. The van der Waals surface area contributed by atoms with E-state index in [2.05, 4.69) is 54.6 Å². The van der Waals surface area contributed by atoms with Crippen molar-refractivity contribution in [2.24, 2.45) is 17.8 Å². The molecule has 0 bridgehead atoms. The highest BCUT2D eigenvalue weighted by Gasteiger charge is 2.43. The zero-order valence-electron chi connectivity index (χ0n) is 17.0. The molecular formula is C23H27ClN6. The van der Waals surface area contributed by atoms with Gasteiger partial charge in [-0.15, -0.1) is 0 Å². The van der Waals surface area contributed by atoms with Crippen LogP contribution in [-0.4, -0.2) is 39.8 Å². The molecule has 6 nitrogen and oxygen atoms in total. The molecule has 0 spiro atoms. The lowest BCUT2D eigenvalue weighted by Crippen LogP contribution is -2.35. The van der Waals surface area contributed by atoms with E-state index in [9.17, 15) is 0 Å². The summed E-state index contributed by atoms with van der Waals surface area (Å²) in [7, 11) is 0. The average Bonchev–Trinajstić information content (AvgIpc) is 3.34. The van der Waals surface area contributed by atoms with Crippen LogP contribution in [0.5, 0.6) is 0 Å². The SMILES string of the molecule is Clc1cnc(N2CCC(C3CC3CCNc3ccc(-c4ccn[nH]4)cc3)CC2)nc1. The minimum atomic E-state index is 0.594. The van der Waals surface area contributed by atoms with Gasteiger partial charge in [-0.25, -0.2) is 9.97 Å². The van der Waals surface area contributed by atoms with E-state index in [4.69, 9.17) is 11.6 Å². The second kappa shape index (κ2) is 8.64. The van der Waals surface area contributed by atoms with Gasteiger partial charge in [0, 0.05) is 31.5 Å². The number of piperidine rings is 1. The van der Waals surface area contributed by atoms with Crippen molar-refractivity contribution in [3.8, 4) is 11.3 Å². The fraction of sp³-hybridized carbons (Fsp3) is 0.435. The Balaban J connectivity index is 1.03. The van der Waals surface area contributed by atoms with E-state index in [0.29, 0.717) is 5.02 Å². The molecule has 2 aliphatic rings. The Labute approximate surface area is 182 Å². The van der Waals surface area contributed by atoms with E-state index >= 15 is 0 Å². The zero-order chi connectivity index (χ0) is 20.3. The number of nitrogens with one attached hydrogen (secondary N) is 2. The van der Waals surface area contributed by atoms with Gasteiger partial charge in [0.2, 0.25) is 5.95 Å². The van der Waals surface area contributed by atoms with Crippen molar-refractivity contribution in [3.63, 3.8) is 0 Å². The van der Waals surface area contributed by atoms with Crippen molar-refractivity contribution >= 4 is 23.2 Å². The minimum absolute atomic E-state index is 0.594. The van der Waals surface area contributed by atoms with Crippen molar-refractivity contribution in [2.75, 3.05) is 29.9 Å². The lowest BCUT2D eigenvalue weighted by atomic mass is 9.90.